The molecule has 3 aliphatic rings. The van der Waals surface area contributed by atoms with Gasteiger partial charge < -0.3 is 19.5 Å². The first kappa shape index (κ1) is 29.4. The first-order valence-electron chi connectivity index (χ1n) is 15.4. The molecule has 42 heavy (non-hydrogen) atoms. The van der Waals surface area contributed by atoms with Crippen molar-refractivity contribution in [2.45, 2.75) is 63.3 Å². The molecule has 9 heteroatoms. The number of carboxylic acids is 1. The summed E-state index contributed by atoms with van der Waals surface area (Å²) in [5.41, 5.74) is 7.00. The van der Waals surface area contributed by atoms with Gasteiger partial charge in [0.15, 0.2) is 0 Å². The Morgan fingerprint density at radius 3 is 2.52 bits per heavy atom. The van der Waals surface area contributed by atoms with Gasteiger partial charge in [-0.3, -0.25) is 0 Å². The first-order valence-corrected chi connectivity index (χ1v) is 17.1. The Kier molecular flexibility index (Phi) is 7.98. The fraction of sp³-hybridized carbons (Fsp3) is 0.545. The third kappa shape index (κ3) is 5.76. The monoisotopic (exact) mass is 592 g/mol. The molecule has 226 valence electrons. The lowest BCUT2D eigenvalue weighted by atomic mass is 9.81. The standard InChI is InChI=1S/C33H44N4O4S/c1-35(15-8-18-42(34,40)41)16-17-36(2)21-33-20-28(33)25-11-6-7-12-26(25)31-30(23-9-4-3-5-10-23)27-14-13-24(32(38)39)19-29(27)37(31)22-33/h6-7,11-14,19,23,28H,3-5,8-10,15-18,20-22H2,1-2H3,(H,38,39)(H2,34,40,41). The van der Waals surface area contributed by atoms with Crippen molar-refractivity contribution in [3.63, 3.8) is 0 Å². The van der Waals surface area contributed by atoms with E-state index in [1.807, 2.05) is 13.1 Å². The van der Waals surface area contributed by atoms with Crippen LogP contribution in [0.4, 0.5) is 0 Å². The van der Waals surface area contributed by atoms with Gasteiger partial charge in [0.25, 0.3) is 0 Å². The van der Waals surface area contributed by atoms with Crippen molar-refractivity contribution >= 4 is 26.9 Å². The highest BCUT2D eigenvalue weighted by Gasteiger charge is 2.57. The summed E-state index contributed by atoms with van der Waals surface area (Å²) in [5, 5.41) is 16.3. The molecule has 0 amide bonds. The van der Waals surface area contributed by atoms with Gasteiger partial charge in [-0.25, -0.2) is 18.4 Å². The number of fused-ring (bicyclic) bond motifs is 7. The van der Waals surface area contributed by atoms with Crippen LogP contribution in [0, 0.1) is 5.41 Å². The number of nitrogens with zero attached hydrogens (tertiary/aromatic N) is 3. The fourth-order valence-electron chi connectivity index (χ4n) is 7.89. The molecule has 8 nitrogen and oxygen atoms in total. The number of hydrogen-bond acceptors (Lipinski definition) is 5. The molecule has 2 atom stereocenters. The molecule has 1 aromatic heterocycles. The fourth-order valence-corrected chi connectivity index (χ4v) is 8.42. The second-order valence-electron chi connectivity index (χ2n) is 13.2. The molecule has 3 aromatic rings. The molecule has 0 saturated heterocycles. The molecule has 2 aromatic carbocycles. The van der Waals surface area contributed by atoms with E-state index < -0.39 is 16.0 Å². The Bertz CT molecular complexity index is 1590. The van der Waals surface area contributed by atoms with Crippen LogP contribution in [0.5, 0.6) is 0 Å². The molecule has 2 saturated carbocycles. The Morgan fingerprint density at radius 1 is 1.05 bits per heavy atom. The zero-order valence-electron chi connectivity index (χ0n) is 24.9. The minimum Gasteiger partial charge on any atom is -0.478 e. The summed E-state index contributed by atoms with van der Waals surface area (Å²) in [6.45, 7) is 4.26. The zero-order valence-corrected chi connectivity index (χ0v) is 25.7. The number of hydrogen-bond donors (Lipinski definition) is 2. The van der Waals surface area contributed by atoms with Gasteiger partial charge in [0.2, 0.25) is 10.0 Å². The average molecular weight is 593 g/mol. The Hall–Kier alpha value is -2.72. The third-order valence-corrected chi connectivity index (χ3v) is 10.9. The van der Waals surface area contributed by atoms with Crippen molar-refractivity contribution in [3.05, 3.63) is 59.2 Å². The number of rotatable bonds is 11. The van der Waals surface area contributed by atoms with Gasteiger partial charge in [-0.2, -0.15) is 0 Å². The summed E-state index contributed by atoms with van der Waals surface area (Å²) in [5.74, 6) is 0.101. The topological polar surface area (TPSA) is 109 Å². The van der Waals surface area contributed by atoms with E-state index in [0.717, 1.165) is 38.1 Å². The van der Waals surface area contributed by atoms with Crippen molar-refractivity contribution in [2.24, 2.45) is 10.6 Å². The zero-order chi connectivity index (χ0) is 29.6. The molecule has 3 N–H and O–H groups in total. The van der Waals surface area contributed by atoms with Crippen LogP contribution in [0.2, 0.25) is 0 Å². The summed E-state index contributed by atoms with van der Waals surface area (Å²) in [6, 6.07) is 14.7. The van der Waals surface area contributed by atoms with E-state index in [1.54, 1.807) is 6.07 Å². The van der Waals surface area contributed by atoms with E-state index in [-0.39, 0.29) is 11.2 Å². The Morgan fingerprint density at radius 2 is 1.79 bits per heavy atom. The van der Waals surface area contributed by atoms with Gasteiger partial charge in [0.05, 0.1) is 17.0 Å². The maximum absolute atomic E-state index is 12.1. The highest BCUT2D eigenvalue weighted by molar-refractivity contribution is 7.89. The van der Waals surface area contributed by atoms with Crippen molar-refractivity contribution < 1.29 is 18.3 Å². The van der Waals surface area contributed by atoms with Gasteiger partial charge in [0, 0.05) is 48.1 Å². The van der Waals surface area contributed by atoms with Crippen LogP contribution in [0.3, 0.4) is 0 Å². The molecule has 0 spiro atoms. The van der Waals surface area contributed by atoms with Gasteiger partial charge >= 0.3 is 5.97 Å². The van der Waals surface area contributed by atoms with Gasteiger partial charge in [0.1, 0.15) is 0 Å². The summed E-state index contributed by atoms with van der Waals surface area (Å²) in [7, 11) is 0.788. The van der Waals surface area contributed by atoms with Crippen LogP contribution in [0.15, 0.2) is 42.5 Å². The van der Waals surface area contributed by atoms with E-state index in [2.05, 4.69) is 51.7 Å². The lowest BCUT2D eigenvalue weighted by molar-refractivity contribution is 0.0697. The predicted molar refractivity (Wildman–Crippen MR) is 168 cm³/mol. The van der Waals surface area contributed by atoms with Crippen LogP contribution in [0.1, 0.15) is 78.3 Å². The Balaban J connectivity index is 1.33. The maximum atomic E-state index is 12.1. The lowest BCUT2D eigenvalue weighted by Crippen LogP contribution is -2.36. The van der Waals surface area contributed by atoms with Gasteiger partial charge in [-0.05, 0) is 81.4 Å². The second-order valence-corrected chi connectivity index (χ2v) is 14.9. The van der Waals surface area contributed by atoms with Crippen LogP contribution >= 0.6 is 0 Å². The lowest BCUT2D eigenvalue weighted by Gasteiger charge is -2.27. The molecule has 2 aliphatic carbocycles. The highest BCUT2D eigenvalue weighted by atomic mass is 32.2. The number of aromatic carboxylic acids is 1. The third-order valence-electron chi connectivity index (χ3n) is 10.0. The van der Waals surface area contributed by atoms with Crippen molar-refractivity contribution in [1.29, 1.82) is 0 Å². The molecule has 2 fully saturated rings. The number of sulfonamides is 1. The number of aromatic nitrogens is 1. The normalized spacial score (nSPS) is 22.2. The molecule has 0 radical (unpaired) electrons. The van der Waals surface area contributed by atoms with E-state index >= 15 is 0 Å². The van der Waals surface area contributed by atoms with Crippen molar-refractivity contribution in [2.75, 3.05) is 46.0 Å². The smallest absolute Gasteiger partial charge is 0.335 e. The van der Waals surface area contributed by atoms with E-state index in [4.69, 9.17) is 5.14 Å². The molecular weight excluding hydrogens is 548 g/mol. The van der Waals surface area contributed by atoms with Crippen LogP contribution < -0.4 is 5.14 Å². The number of carbonyl (C=O) groups is 1. The average Bonchev–Trinajstić information content (AvgIpc) is 3.58. The second kappa shape index (κ2) is 11.4. The first-order chi connectivity index (χ1) is 20.1. The predicted octanol–water partition coefficient (Wildman–Crippen LogP) is 5.08. The SMILES string of the molecule is CN(CCCS(N)(=O)=O)CCN(C)CC12CC1c1ccccc1-c1c(C3CCCCC3)c3ccc(C(=O)O)cc3n1C2. The molecule has 1 aliphatic heterocycles. The molecular formula is C33H44N4O4S. The van der Waals surface area contributed by atoms with Crippen LogP contribution in [-0.4, -0.2) is 79.9 Å². The number of primary sulfonamides is 1. The largest absolute Gasteiger partial charge is 0.478 e. The molecule has 2 heterocycles. The number of nitrogens with two attached hydrogens (primary N) is 1. The maximum Gasteiger partial charge on any atom is 0.335 e. The van der Waals surface area contributed by atoms with Gasteiger partial charge in [-0.15, -0.1) is 0 Å². The van der Waals surface area contributed by atoms with E-state index in [9.17, 15) is 18.3 Å². The summed E-state index contributed by atoms with van der Waals surface area (Å²) in [6.07, 6.45) is 7.83. The molecule has 2 unspecified atom stereocenters. The van der Waals surface area contributed by atoms with E-state index in [1.165, 1.54) is 59.9 Å². The number of carboxylic acid groups (broad SMARTS) is 1. The van der Waals surface area contributed by atoms with Crippen molar-refractivity contribution in [3.8, 4) is 11.3 Å². The van der Waals surface area contributed by atoms with E-state index in [0.29, 0.717) is 30.4 Å². The van der Waals surface area contributed by atoms with Crippen molar-refractivity contribution in [1.82, 2.24) is 14.4 Å². The minimum absolute atomic E-state index is 0.0109. The van der Waals surface area contributed by atoms with Crippen LogP contribution in [-0.2, 0) is 16.6 Å². The minimum atomic E-state index is -3.43. The quantitative estimate of drug-likeness (QED) is 0.321. The highest BCUT2D eigenvalue weighted by Crippen LogP contribution is 2.65. The molecule has 0 bridgehead atoms. The summed E-state index contributed by atoms with van der Waals surface area (Å²) < 4.78 is 25.1. The van der Waals surface area contributed by atoms with Crippen LogP contribution in [0.25, 0.3) is 22.2 Å². The van der Waals surface area contributed by atoms with Gasteiger partial charge in [-0.1, -0.05) is 49.6 Å². The summed E-state index contributed by atoms with van der Waals surface area (Å²) in [4.78, 5) is 16.6. The molecule has 6 rings (SSSR count). The number of benzene rings is 2. The number of likely N-dealkylation sites (N-methyl/N-ethyl adjacent to an activating group) is 2. The Labute approximate surface area is 249 Å². The summed E-state index contributed by atoms with van der Waals surface area (Å²) >= 11 is 0.